The molecule has 0 radical (unpaired) electrons. The number of aromatic nitrogens is 3. The van der Waals surface area contributed by atoms with Crippen LogP contribution in [0.1, 0.15) is 12.7 Å². The summed E-state index contributed by atoms with van der Waals surface area (Å²) >= 11 is 7.03. The molecule has 1 amide bonds. The number of amides is 1. The van der Waals surface area contributed by atoms with E-state index in [-0.39, 0.29) is 18.3 Å². The molecule has 2 aromatic carbocycles. The number of thioether (sulfide) groups is 1. The first-order chi connectivity index (χ1) is 14.0. The maximum Gasteiger partial charge on any atom is 0.234 e. The summed E-state index contributed by atoms with van der Waals surface area (Å²) in [6.07, 6.45) is 0. The molecule has 0 fully saturated rings. The summed E-state index contributed by atoms with van der Waals surface area (Å²) in [4.78, 5) is 12.2. The first-order valence-corrected chi connectivity index (χ1v) is 10.1. The Bertz CT molecular complexity index is 947. The molecule has 0 unspecified atom stereocenters. The molecule has 152 valence electrons. The quantitative estimate of drug-likeness (QED) is 0.394. The third kappa shape index (κ3) is 6.03. The number of nitrogens with one attached hydrogen (secondary N) is 1. The molecule has 10 heteroatoms. The van der Waals surface area contributed by atoms with E-state index in [0.717, 1.165) is 5.75 Å². The van der Waals surface area contributed by atoms with Gasteiger partial charge >= 0.3 is 0 Å². The van der Waals surface area contributed by atoms with Gasteiger partial charge in [0.2, 0.25) is 11.1 Å². The Morgan fingerprint density at radius 2 is 1.76 bits per heavy atom. The third-order valence-electron chi connectivity index (χ3n) is 3.70. The number of hydrogen-bond acceptors (Lipinski definition) is 7. The zero-order valence-electron chi connectivity index (χ0n) is 15.7. The van der Waals surface area contributed by atoms with Crippen LogP contribution in [-0.4, -0.2) is 33.1 Å². The number of carbonyl (C=O) groups is 1. The fraction of sp³-hybridized carbons (Fsp3) is 0.211. The smallest absolute Gasteiger partial charge is 0.234 e. The SMILES string of the molecule is CCOc1ccc(NC(=O)CSc2nnc(COc3ccc(Cl)cc3)n2N)cc1. The number of benzene rings is 2. The summed E-state index contributed by atoms with van der Waals surface area (Å²) in [5.41, 5.74) is 0.685. The van der Waals surface area contributed by atoms with Gasteiger partial charge in [-0.15, -0.1) is 10.2 Å². The summed E-state index contributed by atoms with van der Waals surface area (Å²) in [5.74, 6) is 7.79. The molecular formula is C19H20ClN5O3S. The molecule has 0 aliphatic heterocycles. The fourth-order valence-corrected chi connectivity index (χ4v) is 3.11. The lowest BCUT2D eigenvalue weighted by Crippen LogP contribution is -2.18. The minimum absolute atomic E-state index is 0.139. The number of anilines is 1. The standard InChI is InChI=1S/C19H20ClN5O3S/c1-2-27-15-9-5-14(6-10-15)22-18(26)12-29-19-24-23-17(25(19)21)11-28-16-7-3-13(20)4-8-16/h3-10H,2,11-12,21H2,1H3,(H,22,26). The van der Waals surface area contributed by atoms with Crippen molar-refractivity contribution < 1.29 is 14.3 Å². The molecule has 3 rings (SSSR count). The lowest BCUT2D eigenvalue weighted by molar-refractivity contribution is -0.113. The largest absolute Gasteiger partial charge is 0.494 e. The summed E-state index contributed by atoms with van der Waals surface area (Å²) in [6.45, 7) is 2.65. The Labute approximate surface area is 177 Å². The number of nitrogens with zero attached hydrogens (tertiary/aromatic N) is 3. The Hall–Kier alpha value is -2.91. The average Bonchev–Trinajstić information content (AvgIpc) is 3.07. The number of nitrogen functional groups attached to an aromatic ring is 1. The van der Waals surface area contributed by atoms with Gasteiger partial charge in [0.15, 0.2) is 5.82 Å². The lowest BCUT2D eigenvalue weighted by atomic mass is 10.3. The van der Waals surface area contributed by atoms with E-state index >= 15 is 0 Å². The van der Waals surface area contributed by atoms with Gasteiger partial charge in [0, 0.05) is 10.7 Å². The van der Waals surface area contributed by atoms with E-state index in [2.05, 4.69) is 15.5 Å². The molecule has 0 aliphatic rings. The fourth-order valence-electron chi connectivity index (χ4n) is 2.31. The van der Waals surface area contributed by atoms with Crippen molar-refractivity contribution in [2.24, 2.45) is 0 Å². The van der Waals surface area contributed by atoms with Crippen molar-refractivity contribution in [1.82, 2.24) is 14.9 Å². The van der Waals surface area contributed by atoms with Gasteiger partial charge in [-0.05, 0) is 55.5 Å². The van der Waals surface area contributed by atoms with Crippen LogP contribution in [0.5, 0.6) is 11.5 Å². The summed E-state index contributed by atoms with van der Waals surface area (Å²) in [6, 6.07) is 14.1. The number of hydrogen-bond donors (Lipinski definition) is 2. The van der Waals surface area contributed by atoms with Crippen molar-refractivity contribution in [1.29, 1.82) is 0 Å². The second-order valence-electron chi connectivity index (χ2n) is 5.81. The van der Waals surface area contributed by atoms with Gasteiger partial charge in [0.25, 0.3) is 0 Å². The van der Waals surface area contributed by atoms with Crippen molar-refractivity contribution in [3.63, 3.8) is 0 Å². The Balaban J connectivity index is 1.49. The second-order valence-corrected chi connectivity index (χ2v) is 7.18. The van der Waals surface area contributed by atoms with Crippen LogP contribution in [0, 0.1) is 0 Å². The predicted octanol–water partition coefficient (Wildman–Crippen LogP) is 3.35. The maximum absolute atomic E-state index is 12.2. The highest BCUT2D eigenvalue weighted by Crippen LogP contribution is 2.19. The second kappa shape index (κ2) is 10.0. The van der Waals surface area contributed by atoms with Gasteiger partial charge < -0.3 is 20.6 Å². The van der Waals surface area contributed by atoms with Crippen molar-refractivity contribution in [3.8, 4) is 11.5 Å². The first-order valence-electron chi connectivity index (χ1n) is 8.78. The van der Waals surface area contributed by atoms with E-state index in [9.17, 15) is 4.79 Å². The van der Waals surface area contributed by atoms with Crippen LogP contribution >= 0.6 is 23.4 Å². The molecule has 0 saturated heterocycles. The molecular weight excluding hydrogens is 414 g/mol. The molecule has 0 atom stereocenters. The molecule has 3 aromatic rings. The molecule has 0 bridgehead atoms. The normalized spacial score (nSPS) is 10.6. The highest BCUT2D eigenvalue weighted by Gasteiger charge is 2.13. The van der Waals surface area contributed by atoms with Gasteiger partial charge in [0.1, 0.15) is 18.1 Å². The summed E-state index contributed by atoms with van der Waals surface area (Å²) < 4.78 is 12.3. The molecule has 8 nitrogen and oxygen atoms in total. The van der Waals surface area contributed by atoms with Gasteiger partial charge in [-0.25, -0.2) is 4.68 Å². The van der Waals surface area contributed by atoms with E-state index < -0.39 is 0 Å². The Kier molecular flexibility index (Phi) is 7.20. The molecule has 0 aliphatic carbocycles. The van der Waals surface area contributed by atoms with Gasteiger partial charge in [-0.1, -0.05) is 23.4 Å². The summed E-state index contributed by atoms with van der Waals surface area (Å²) in [5, 5.41) is 11.9. The number of nitrogens with two attached hydrogens (primary N) is 1. The van der Waals surface area contributed by atoms with Gasteiger partial charge in [0.05, 0.1) is 12.4 Å². The van der Waals surface area contributed by atoms with E-state index in [1.165, 1.54) is 16.4 Å². The van der Waals surface area contributed by atoms with E-state index in [0.29, 0.717) is 34.0 Å². The molecule has 1 heterocycles. The maximum atomic E-state index is 12.2. The molecule has 1 aromatic heterocycles. The van der Waals surface area contributed by atoms with E-state index in [1.807, 2.05) is 6.92 Å². The van der Waals surface area contributed by atoms with Gasteiger partial charge in [-0.2, -0.15) is 0 Å². The zero-order chi connectivity index (χ0) is 20.6. The molecule has 0 saturated carbocycles. The Morgan fingerprint density at radius 1 is 1.10 bits per heavy atom. The number of ether oxygens (including phenoxy) is 2. The van der Waals surface area contributed by atoms with E-state index in [4.69, 9.17) is 26.9 Å². The van der Waals surface area contributed by atoms with E-state index in [1.54, 1.807) is 48.5 Å². The number of rotatable bonds is 9. The predicted molar refractivity (Wildman–Crippen MR) is 113 cm³/mol. The number of halogens is 1. The first kappa shape index (κ1) is 20.8. The van der Waals surface area contributed by atoms with Crippen LogP contribution in [-0.2, 0) is 11.4 Å². The topological polar surface area (TPSA) is 104 Å². The lowest BCUT2D eigenvalue weighted by Gasteiger charge is -2.07. The van der Waals surface area contributed by atoms with Crippen molar-refractivity contribution in [2.75, 3.05) is 23.5 Å². The average molecular weight is 434 g/mol. The minimum atomic E-state index is -0.180. The van der Waals surface area contributed by atoms with Crippen molar-refractivity contribution in [3.05, 3.63) is 59.4 Å². The highest BCUT2D eigenvalue weighted by molar-refractivity contribution is 7.99. The van der Waals surface area contributed by atoms with Crippen LogP contribution in [0.4, 0.5) is 5.69 Å². The van der Waals surface area contributed by atoms with Crippen molar-refractivity contribution in [2.45, 2.75) is 18.7 Å². The molecule has 0 spiro atoms. The molecule has 3 N–H and O–H groups in total. The number of carbonyl (C=O) groups excluding carboxylic acids is 1. The van der Waals surface area contributed by atoms with Crippen LogP contribution in [0.25, 0.3) is 0 Å². The highest BCUT2D eigenvalue weighted by atomic mass is 35.5. The monoisotopic (exact) mass is 433 g/mol. The molecule has 29 heavy (non-hydrogen) atoms. The third-order valence-corrected chi connectivity index (χ3v) is 4.89. The summed E-state index contributed by atoms with van der Waals surface area (Å²) in [7, 11) is 0. The van der Waals surface area contributed by atoms with Crippen molar-refractivity contribution >= 4 is 35.0 Å². The van der Waals surface area contributed by atoms with Crippen LogP contribution in [0.2, 0.25) is 5.02 Å². The van der Waals surface area contributed by atoms with Gasteiger partial charge in [-0.3, -0.25) is 4.79 Å². The zero-order valence-corrected chi connectivity index (χ0v) is 17.2. The van der Waals surface area contributed by atoms with Crippen LogP contribution < -0.4 is 20.6 Å². The van der Waals surface area contributed by atoms with Crippen LogP contribution in [0.3, 0.4) is 0 Å². The minimum Gasteiger partial charge on any atom is -0.494 e. The van der Waals surface area contributed by atoms with Crippen LogP contribution in [0.15, 0.2) is 53.7 Å². The Morgan fingerprint density at radius 3 is 2.45 bits per heavy atom.